The van der Waals surface area contributed by atoms with Crippen molar-refractivity contribution in [2.45, 2.75) is 11.8 Å². The van der Waals surface area contributed by atoms with Crippen LogP contribution in [0.15, 0.2) is 23.1 Å². The van der Waals surface area contributed by atoms with E-state index in [9.17, 15) is 9.59 Å². The summed E-state index contributed by atoms with van der Waals surface area (Å²) in [6.07, 6.45) is 0. The molecule has 1 aliphatic heterocycles. The van der Waals surface area contributed by atoms with E-state index in [0.717, 1.165) is 16.3 Å². The summed E-state index contributed by atoms with van der Waals surface area (Å²) in [6.45, 7) is 1.84. The number of carbonyl (C=O) groups excluding carboxylic acids is 2. The van der Waals surface area contributed by atoms with E-state index in [0.29, 0.717) is 12.3 Å². The van der Waals surface area contributed by atoms with Crippen LogP contribution in [0.5, 0.6) is 0 Å². The fourth-order valence-electron chi connectivity index (χ4n) is 1.42. The smallest absolute Gasteiger partial charge is 0.234 e. The molecule has 0 aliphatic carbocycles. The summed E-state index contributed by atoms with van der Waals surface area (Å²) in [5.41, 5.74) is 1.66. The van der Waals surface area contributed by atoms with Crippen LogP contribution in [0, 0.1) is 0 Å². The van der Waals surface area contributed by atoms with Crippen molar-refractivity contribution in [3.05, 3.63) is 18.2 Å². The van der Waals surface area contributed by atoms with Gasteiger partial charge in [0.15, 0.2) is 0 Å². The van der Waals surface area contributed by atoms with Gasteiger partial charge in [0.2, 0.25) is 5.91 Å². The second-order valence-corrected chi connectivity index (χ2v) is 4.62. The lowest BCUT2D eigenvalue weighted by Crippen LogP contribution is -2.19. The summed E-state index contributed by atoms with van der Waals surface area (Å²) in [6, 6.07) is 5.70. The Balaban J connectivity index is 2.14. The molecule has 0 unspecified atom stereocenters. The molecule has 1 amide bonds. The van der Waals surface area contributed by atoms with E-state index in [-0.39, 0.29) is 11.7 Å². The first kappa shape index (κ1) is 11.0. The van der Waals surface area contributed by atoms with Gasteiger partial charge in [-0.1, -0.05) is 0 Å². The minimum Gasteiger partial charge on any atom is -0.378 e. The maximum absolute atomic E-state index is 11.2. The summed E-state index contributed by atoms with van der Waals surface area (Å²) >= 11 is 1.52. The third-order valence-electron chi connectivity index (χ3n) is 2.15. The zero-order chi connectivity index (χ0) is 11.5. The van der Waals surface area contributed by atoms with E-state index >= 15 is 0 Å². The molecule has 1 aromatic carbocycles. The number of Topliss-reactive ketones (excluding diaryl/α,β-unsaturated/α-hetero) is 1. The summed E-state index contributed by atoms with van der Waals surface area (Å²) in [5.74, 6) is 0.560. The third-order valence-corrected chi connectivity index (χ3v) is 3.23. The molecule has 2 N–H and O–H groups in total. The van der Waals surface area contributed by atoms with Crippen LogP contribution in [-0.2, 0) is 9.59 Å². The van der Waals surface area contributed by atoms with Gasteiger partial charge in [-0.05, 0) is 25.1 Å². The van der Waals surface area contributed by atoms with Gasteiger partial charge in [-0.3, -0.25) is 9.59 Å². The average molecular weight is 236 g/mol. The highest BCUT2D eigenvalue weighted by Crippen LogP contribution is 2.33. The van der Waals surface area contributed by atoms with E-state index in [2.05, 4.69) is 10.6 Å². The number of thioether (sulfide) groups is 1. The van der Waals surface area contributed by atoms with Crippen LogP contribution in [0.25, 0.3) is 0 Å². The van der Waals surface area contributed by atoms with Crippen LogP contribution in [0.3, 0.4) is 0 Å². The number of rotatable bonds is 3. The summed E-state index contributed by atoms with van der Waals surface area (Å²) in [7, 11) is 0. The Kier molecular flexibility index (Phi) is 3.14. The number of amides is 1. The minimum absolute atomic E-state index is 0.0150. The molecule has 0 saturated carbocycles. The van der Waals surface area contributed by atoms with Gasteiger partial charge in [0.25, 0.3) is 0 Å². The normalized spacial score (nSPS) is 13.9. The van der Waals surface area contributed by atoms with Crippen LogP contribution in [0.1, 0.15) is 6.92 Å². The first-order chi connectivity index (χ1) is 7.65. The first-order valence-electron chi connectivity index (χ1n) is 4.95. The summed E-state index contributed by atoms with van der Waals surface area (Å²) in [4.78, 5) is 23.1. The lowest BCUT2D eigenvalue weighted by Gasteiger charge is -2.17. The molecule has 0 aromatic heterocycles. The van der Waals surface area contributed by atoms with Crippen molar-refractivity contribution in [2.24, 2.45) is 0 Å². The van der Waals surface area contributed by atoms with E-state index in [1.807, 2.05) is 18.2 Å². The van der Waals surface area contributed by atoms with Crippen molar-refractivity contribution in [1.29, 1.82) is 0 Å². The zero-order valence-electron chi connectivity index (χ0n) is 8.87. The number of benzene rings is 1. The molecule has 0 radical (unpaired) electrons. The monoisotopic (exact) mass is 236 g/mol. The molecule has 0 spiro atoms. The van der Waals surface area contributed by atoms with Gasteiger partial charge < -0.3 is 10.6 Å². The van der Waals surface area contributed by atoms with Crippen LogP contribution < -0.4 is 10.6 Å². The molecule has 0 fully saturated rings. The van der Waals surface area contributed by atoms with E-state index in [1.165, 1.54) is 18.7 Å². The Morgan fingerprint density at radius 3 is 3.12 bits per heavy atom. The molecule has 16 heavy (non-hydrogen) atoms. The van der Waals surface area contributed by atoms with Crippen molar-refractivity contribution >= 4 is 34.8 Å². The number of fused-ring (bicyclic) bond motifs is 1. The number of nitrogens with one attached hydrogen (secondary N) is 2. The quantitative estimate of drug-likeness (QED) is 0.839. The van der Waals surface area contributed by atoms with Gasteiger partial charge in [-0.15, -0.1) is 11.8 Å². The second-order valence-electron chi connectivity index (χ2n) is 3.60. The average Bonchev–Trinajstić information content (AvgIpc) is 2.25. The Morgan fingerprint density at radius 2 is 2.38 bits per heavy atom. The Labute approximate surface area is 97.8 Å². The molecule has 5 heteroatoms. The summed E-state index contributed by atoms with van der Waals surface area (Å²) in [5, 5.41) is 5.80. The minimum atomic E-state index is 0.0150. The van der Waals surface area contributed by atoms with Crippen molar-refractivity contribution in [2.75, 3.05) is 22.9 Å². The van der Waals surface area contributed by atoms with Crippen molar-refractivity contribution in [3.8, 4) is 0 Å². The SMILES string of the molecule is CC(=O)CNc1ccc2c(c1)NC(=O)CS2. The molecule has 0 atom stereocenters. The number of ketones is 1. The molecule has 0 bridgehead atoms. The molecule has 0 saturated heterocycles. The van der Waals surface area contributed by atoms with Crippen LogP contribution in [0.2, 0.25) is 0 Å². The van der Waals surface area contributed by atoms with Gasteiger partial charge in [-0.25, -0.2) is 0 Å². The second kappa shape index (κ2) is 4.57. The van der Waals surface area contributed by atoms with Crippen LogP contribution >= 0.6 is 11.8 Å². The van der Waals surface area contributed by atoms with Crippen molar-refractivity contribution in [1.82, 2.24) is 0 Å². The van der Waals surface area contributed by atoms with Gasteiger partial charge in [0.1, 0.15) is 5.78 Å². The van der Waals surface area contributed by atoms with E-state index < -0.39 is 0 Å². The standard InChI is InChI=1S/C11H12N2O2S/c1-7(14)5-12-8-2-3-10-9(4-8)13-11(15)6-16-10/h2-4,12H,5-6H2,1H3,(H,13,15). The largest absolute Gasteiger partial charge is 0.378 e. The van der Waals surface area contributed by atoms with Gasteiger partial charge in [0, 0.05) is 10.6 Å². The lowest BCUT2D eigenvalue weighted by molar-refractivity contribution is -0.115. The third kappa shape index (κ3) is 2.55. The first-order valence-corrected chi connectivity index (χ1v) is 5.94. The Hall–Kier alpha value is -1.49. The maximum Gasteiger partial charge on any atom is 0.234 e. The number of hydrogen-bond donors (Lipinski definition) is 2. The van der Waals surface area contributed by atoms with E-state index in [4.69, 9.17) is 0 Å². The van der Waals surface area contributed by atoms with Crippen molar-refractivity contribution < 1.29 is 9.59 Å². The summed E-state index contributed by atoms with van der Waals surface area (Å²) < 4.78 is 0. The highest BCUT2D eigenvalue weighted by Gasteiger charge is 2.15. The van der Waals surface area contributed by atoms with Gasteiger partial charge in [0.05, 0.1) is 18.0 Å². The Morgan fingerprint density at radius 1 is 1.56 bits per heavy atom. The lowest BCUT2D eigenvalue weighted by atomic mass is 10.2. The molecule has 1 aromatic rings. The molecule has 4 nitrogen and oxygen atoms in total. The Bertz CT molecular complexity index is 446. The van der Waals surface area contributed by atoms with Gasteiger partial charge in [-0.2, -0.15) is 0 Å². The molecular formula is C11H12N2O2S. The maximum atomic E-state index is 11.2. The molecule has 84 valence electrons. The zero-order valence-corrected chi connectivity index (χ0v) is 9.69. The predicted molar refractivity (Wildman–Crippen MR) is 65.0 cm³/mol. The highest BCUT2D eigenvalue weighted by atomic mass is 32.2. The fourth-order valence-corrected chi connectivity index (χ4v) is 2.21. The van der Waals surface area contributed by atoms with Gasteiger partial charge >= 0.3 is 0 Å². The van der Waals surface area contributed by atoms with E-state index in [1.54, 1.807) is 0 Å². The molecular weight excluding hydrogens is 224 g/mol. The highest BCUT2D eigenvalue weighted by molar-refractivity contribution is 8.00. The fraction of sp³-hybridized carbons (Fsp3) is 0.273. The van der Waals surface area contributed by atoms with Crippen LogP contribution in [0.4, 0.5) is 11.4 Å². The van der Waals surface area contributed by atoms with Crippen LogP contribution in [-0.4, -0.2) is 24.0 Å². The molecule has 1 aliphatic rings. The topological polar surface area (TPSA) is 58.2 Å². The number of carbonyl (C=O) groups is 2. The molecule has 2 rings (SSSR count). The van der Waals surface area contributed by atoms with Crippen molar-refractivity contribution in [3.63, 3.8) is 0 Å². The number of hydrogen-bond acceptors (Lipinski definition) is 4. The molecule has 1 heterocycles. The predicted octanol–water partition coefficient (Wildman–Crippen LogP) is 1.73. The number of anilines is 2.